The molecule has 2 aromatic heterocycles. The van der Waals surface area contributed by atoms with Crippen LogP contribution in [0.2, 0.25) is 0 Å². The topological polar surface area (TPSA) is 37.8 Å². The van der Waals surface area contributed by atoms with E-state index < -0.39 is 0 Å². The smallest absolute Gasteiger partial charge is 0.151 e. The highest BCUT2D eigenvalue weighted by molar-refractivity contribution is 7.15. The summed E-state index contributed by atoms with van der Waals surface area (Å²) in [6.45, 7) is 5.09. The Hall–Kier alpha value is -1.33. The van der Waals surface area contributed by atoms with Crippen LogP contribution in [0.4, 0.5) is 4.39 Å². The number of thiazole rings is 1. The van der Waals surface area contributed by atoms with Gasteiger partial charge in [0, 0.05) is 29.2 Å². The molecule has 1 aliphatic carbocycles. The molecule has 3 rings (SSSR count). The molecule has 2 aromatic rings. The number of halogens is 1. The standard InChI is InChI=1S/C15H18FN3S/c1-9(2)14-13(8-18-10-3-4-10)20-15(19-14)11-5-6-17-7-12(11)16/h5-7,9-10,18H,3-4,8H2,1-2H3. The Morgan fingerprint density at radius 1 is 1.45 bits per heavy atom. The van der Waals surface area contributed by atoms with Gasteiger partial charge in [0.05, 0.1) is 11.9 Å². The summed E-state index contributed by atoms with van der Waals surface area (Å²) in [5.41, 5.74) is 1.62. The number of aromatic nitrogens is 2. The fourth-order valence-corrected chi connectivity index (χ4v) is 3.32. The highest BCUT2D eigenvalue weighted by Gasteiger charge is 2.22. The molecule has 0 aromatic carbocycles. The third kappa shape index (κ3) is 2.88. The molecule has 0 aliphatic heterocycles. The zero-order chi connectivity index (χ0) is 14.1. The maximum atomic E-state index is 13.8. The molecule has 20 heavy (non-hydrogen) atoms. The molecule has 0 spiro atoms. The molecule has 0 bridgehead atoms. The van der Waals surface area contributed by atoms with Crippen LogP contribution in [-0.4, -0.2) is 16.0 Å². The Labute approximate surface area is 122 Å². The number of nitrogens with one attached hydrogen (secondary N) is 1. The van der Waals surface area contributed by atoms with Gasteiger partial charge in [-0.25, -0.2) is 9.37 Å². The zero-order valence-corrected chi connectivity index (χ0v) is 12.5. The molecule has 0 atom stereocenters. The summed E-state index contributed by atoms with van der Waals surface area (Å²) in [5, 5.41) is 4.26. The van der Waals surface area contributed by atoms with Gasteiger partial charge in [0.25, 0.3) is 0 Å². The lowest BCUT2D eigenvalue weighted by Gasteiger charge is -2.05. The van der Waals surface area contributed by atoms with Gasteiger partial charge in [-0.3, -0.25) is 4.98 Å². The molecule has 0 unspecified atom stereocenters. The van der Waals surface area contributed by atoms with Crippen LogP contribution >= 0.6 is 11.3 Å². The average molecular weight is 291 g/mol. The van der Waals surface area contributed by atoms with Crippen LogP contribution in [0.5, 0.6) is 0 Å². The molecular weight excluding hydrogens is 273 g/mol. The lowest BCUT2D eigenvalue weighted by Crippen LogP contribution is -2.15. The van der Waals surface area contributed by atoms with E-state index >= 15 is 0 Å². The Kier molecular flexibility index (Phi) is 3.81. The first-order valence-corrected chi connectivity index (χ1v) is 7.79. The first kappa shape index (κ1) is 13.6. The summed E-state index contributed by atoms with van der Waals surface area (Å²) in [6, 6.07) is 2.36. The fourth-order valence-electron chi connectivity index (χ4n) is 2.13. The lowest BCUT2D eigenvalue weighted by molar-refractivity contribution is 0.624. The average Bonchev–Trinajstić information content (AvgIpc) is 3.15. The van der Waals surface area contributed by atoms with E-state index in [0.29, 0.717) is 17.5 Å². The molecular formula is C15H18FN3S. The third-order valence-corrected chi connectivity index (χ3v) is 4.51. The molecule has 1 aliphatic rings. The van der Waals surface area contributed by atoms with Gasteiger partial charge >= 0.3 is 0 Å². The summed E-state index contributed by atoms with van der Waals surface area (Å²) >= 11 is 1.58. The van der Waals surface area contributed by atoms with Crippen LogP contribution < -0.4 is 5.32 Å². The molecule has 0 amide bonds. The molecule has 5 heteroatoms. The Bertz CT molecular complexity index is 605. The summed E-state index contributed by atoms with van der Waals surface area (Å²) in [6.07, 6.45) is 5.38. The number of hydrogen-bond acceptors (Lipinski definition) is 4. The minimum atomic E-state index is -0.307. The third-order valence-electron chi connectivity index (χ3n) is 3.41. The fraction of sp³-hybridized carbons (Fsp3) is 0.467. The van der Waals surface area contributed by atoms with E-state index in [1.807, 2.05) is 0 Å². The molecule has 2 heterocycles. The van der Waals surface area contributed by atoms with Crippen LogP contribution in [0.3, 0.4) is 0 Å². The van der Waals surface area contributed by atoms with E-state index in [9.17, 15) is 4.39 Å². The molecule has 0 radical (unpaired) electrons. The van der Waals surface area contributed by atoms with Crippen molar-refractivity contribution in [2.24, 2.45) is 0 Å². The Morgan fingerprint density at radius 2 is 2.25 bits per heavy atom. The largest absolute Gasteiger partial charge is 0.309 e. The maximum Gasteiger partial charge on any atom is 0.151 e. The van der Waals surface area contributed by atoms with Crippen molar-refractivity contribution in [3.05, 3.63) is 34.8 Å². The normalized spacial score (nSPS) is 15.0. The zero-order valence-electron chi connectivity index (χ0n) is 11.7. The van der Waals surface area contributed by atoms with Gasteiger partial charge in [-0.15, -0.1) is 11.3 Å². The number of nitrogens with zero attached hydrogens (tertiary/aromatic N) is 2. The number of hydrogen-bond donors (Lipinski definition) is 1. The highest BCUT2D eigenvalue weighted by Crippen LogP contribution is 2.33. The summed E-state index contributed by atoms with van der Waals surface area (Å²) < 4.78 is 13.8. The van der Waals surface area contributed by atoms with Gasteiger partial charge in [0.2, 0.25) is 0 Å². The summed E-state index contributed by atoms with van der Waals surface area (Å²) in [5.74, 6) is 0.0409. The predicted octanol–water partition coefficient (Wildman–Crippen LogP) is 3.72. The van der Waals surface area contributed by atoms with Crippen molar-refractivity contribution in [3.8, 4) is 10.6 Å². The van der Waals surface area contributed by atoms with E-state index in [1.165, 1.54) is 23.9 Å². The molecule has 1 fully saturated rings. The van der Waals surface area contributed by atoms with E-state index in [0.717, 1.165) is 17.2 Å². The molecule has 1 saturated carbocycles. The highest BCUT2D eigenvalue weighted by atomic mass is 32.1. The molecule has 106 valence electrons. The van der Waals surface area contributed by atoms with E-state index in [4.69, 9.17) is 0 Å². The Morgan fingerprint density at radius 3 is 2.90 bits per heavy atom. The van der Waals surface area contributed by atoms with Gasteiger partial charge in [0.1, 0.15) is 5.01 Å². The van der Waals surface area contributed by atoms with Crippen molar-refractivity contribution in [1.82, 2.24) is 15.3 Å². The van der Waals surface area contributed by atoms with Gasteiger partial charge in [0.15, 0.2) is 5.82 Å². The summed E-state index contributed by atoms with van der Waals surface area (Å²) in [4.78, 5) is 9.66. The lowest BCUT2D eigenvalue weighted by atomic mass is 10.1. The van der Waals surface area contributed by atoms with Crippen LogP contribution in [0.1, 0.15) is 43.2 Å². The number of rotatable bonds is 5. The minimum absolute atomic E-state index is 0.307. The minimum Gasteiger partial charge on any atom is -0.309 e. The predicted molar refractivity (Wildman–Crippen MR) is 79.3 cm³/mol. The quantitative estimate of drug-likeness (QED) is 0.912. The number of pyridine rings is 1. The monoisotopic (exact) mass is 291 g/mol. The Balaban J connectivity index is 1.91. The van der Waals surface area contributed by atoms with Gasteiger partial charge < -0.3 is 5.32 Å². The second kappa shape index (κ2) is 5.58. The summed E-state index contributed by atoms with van der Waals surface area (Å²) in [7, 11) is 0. The van der Waals surface area contributed by atoms with Crippen LogP contribution in [0, 0.1) is 5.82 Å². The van der Waals surface area contributed by atoms with Crippen molar-refractivity contribution < 1.29 is 4.39 Å². The van der Waals surface area contributed by atoms with Gasteiger partial charge in [-0.1, -0.05) is 13.8 Å². The molecule has 3 nitrogen and oxygen atoms in total. The maximum absolute atomic E-state index is 13.8. The van der Waals surface area contributed by atoms with Crippen LogP contribution in [-0.2, 0) is 6.54 Å². The van der Waals surface area contributed by atoms with Crippen molar-refractivity contribution in [2.75, 3.05) is 0 Å². The van der Waals surface area contributed by atoms with Gasteiger partial charge in [-0.2, -0.15) is 0 Å². The SMILES string of the molecule is CC(C)c1nc(-c2ccncc2F)sc1CNC1CC1. The van der Waals surface area contributed by atoms with Crippen LogP contribution in [0.15, 0.2) is 18.5 Å². The first-order chi connectivity index (χ1) is 9.65. The molecule has 1 N–H and O–H groups in total. The second-order valence-corrected chi connectivity index (χ2v) is 6.58. The van der Waals surface area contributed by atoms with E-state index in [1.54, 1.807) is 23.6 Å². The van der Waals surface area contributed by atoms with Crippen molar-refractivity contribution in [3.63, 3.8) is 0 Å². The van der Waals surface area contributed by atoms with Crippen molar-refractivity contribution >= 4 is 11.3 Å². The van der Waals surface area contributed by atoms with Crippen LogP contribution in [0.25, 0.3) is 10.6 Å². The second-order valence-electron chi connectivity index (χ2n) is 5.49. The van der Waals surface area contributed by atoms with Crippen molar-refractivity contribution in [2.45, 2.75) is 45.2 Å². The first-order valence-electron chi connectivity index (χ1n) is 6.98. The van der Waals surface area contributed by atoms with Crippen molar-refractivity contribution in [1.29, 1.82) is 0 Å². The molecule has 0 saturated heterocycles. The van der Waals surface area contributed by atoms with E-state index in [2.05, 4.69) is 29.1 Å². The van der Waals surface area contributed by atoms with Gasteiger partial charge in [-0.05, 0) is 24.8 Å². The van der Waals surface area contributed by atoms with E-state index in [-0.39, 0.29) is 5.82 Å².